The zero-order valence-electron chi connectivity index (χ0n) is 8.76. The third-order valence-corrected chi connectivity index (χ3v) is 2.58. The summed E-state index contributed by atoms with van der Waals surface area (Å²) in [5.41, 5.74) is 4.52. The van der Waals surface area contributed by atoms with Gasteiger partial charge in [-0.15, -0.1) is 11.5 Å². The second-order valence-electron chi connectivity index (χ2n) is 4.22. The Balaban J connectivity index is 2.61. The lowest BCUT2D eigenvalue weighted by Gasteiger charge is -2.03. The Morgan fingerprint density at radius 1 is 1.46 bits per heavy atom. The average Bonchev–Trinajstić information content (AvgIpc) is 2.34. The van der Waals surface area contributed by atoms with Crippen LogP contribution in [0.25, 0.3) is 0 Å². The molecule has 1 heterocycles. The minimum Gasteiger partial charge on any atom is -0.337 e. The molecule has 0 spiro atoms. The number of imidazole rings is 1. The molecule has 0 aliphatic rings. The van der Waals surface area contributed by atoms with Crippen molar-refractivity contribution in [1.82, 2.24) is 9.55 Å². The summed E-state index contributed by atoms with van der Waals surface area (Å²) in [6.45, 7) is 6.76. The molecule has 0 unspecified atom stereocenters. The van der Waals surface area contributed by atoms with E-state index in [1.807, 2.05) is 24.1 Å². The second-order valence-corrected chi connectivity index (χ2v) is 8.97. The van der Waals surface area contributed by atoms with Crippen molar-refractivity contribution in [2.75, 3.05) is 0 Å². The molecule has 0 atom stereocenters. The Morgan fingerprint density at radius 2 is 2.15 bits per heavy atom. The summed E-state index contributed by atoms with van der Waals surface area (Å²) in [6, 6.07) is 0. The lowest BCUT2D eigenvalue weighted by molar-refractivity contribution is 0.856. The van der Waals surface area contributed by atoms with Crippen LogP contribution >= 0.6 is 0 Å². The fourth-order valence-corrected chi connectivity index (χ4v) is 1.57. The quantitative estimate of drug-likeness (QED) is 0.490. The lowest BCUT2D eigenvalue weighted by atomic mass is 10.3. The largest absolute Gasteiger partial charge is 0.337 e. The van der Waals surface area contributed by atoms with Gasteiger partial charge in [-0.05, 0) is 0 Å². The van der Waals surface area contributed by atoms with E-state index in [1.165, 1.54) is 5.69 Å². The Kier molecular flexibility index (Phi) is 2.94. The van der Waals surface area contributed by atoms with E-state index in [-0.39, 0.29) is 0 Å². The minimum absolute atomic E-state index is 0.820. The molecule has 0 amide bonds. The van der Waals surface area contributed by atoms with Crippen LogP contribution in [-0.2, 0) is 13.5 Å². The highest BCUT2D eigenvalue weighted by Gasteiger charge is 2.07. The zero-order chi connectivity index (χ0) is 9.90. The van der Waals surface area contributed by atoms with E-state index in [1.54, 1.807) is 0 Å². The third kappa shape index (κ3) is 3.47. The van der Waals surface area contributed by atoms with Gasteiger partial charge in [-0.2, -0.15) is 0 Å². The van der Waals surface area contributed by atoms with Crippen LogP contribution in [0.4, 0.5) is 0 Å². The van der Waals surface area contributed by atoms with Crippen molar-refractivity contribution in [2.24, 2.45) is 7.05 Å². The van der Waals surface area contributed by atoms with E-state index in [9.17, 15) is 0 Å². The third-order valence-electron chi connectivity index (χ3n) is 1.65. The van der Waals surface area contributed by atoms with Crippen LogP contribution in [-0.4, -0.2) is 17.6 Å². The van der Waals surface area contributed by atoms with Crippen molar-refractivity contribution in [3.8, 4) is 11.5 Å². The first-order valence-corrected chi connectivity index (χ1v) is 7.94. The smallest absolute Gasteiger partial charge is 0.129 e. The molecular formula is C10H16N2Si. The van der Waals surface area contributed by atoms with Gasteiger partial charge in [-0.25, -0.2) is 4.98 Å². The van der Waals surface area contributed by atoms with Crippen molar-refractivity contribution >= 4 is 8.07 Å². The summed E-state index contributed by atoms with van der Waals surface area (Å²) in [7, 11) is 0.800. The highest BCUT2D eigenvalue weighted by Crippen LogP contribution is 1.99. The fraction of sp³-hybridized carbons (Fsp3) is 0.500. The van der Waals surface area contributed by atoms with Crippen LogP contribution in [0.15, 0.2) is 12.5 Å². The maximum absolute atomic E-state index is 4.04. The normalized spacial score (nSPS) is 10.8. The molecule has 1 rings (SSSR count). The lowest BCUT2D eigenvalue weighted by Crippen LogP contribution is -2.16. The molecule has 0 aliphatic heterocycles. The Labute approximate surface area is 81.0 Å². The Morgan fingerprint density at radius 3 is 2.62 bits per heavy atom. The van der Waals surface area contributed by atoms with Crippen LogP contribution in [0.3, 0.4) is 0 Å². The predicted molar refractivity (Wildman–Crippen MR) is 58.0 cm³/mol. The summed E-state index contributed by atoms with van der Waals surface area (Å²) in [5, 5.41) is 0. The molecule has 1 aromatic heterocycles. The van der Waals surface area contributed by atoms with Gasteiger partial charge in [-0.3, -0.25) is 0 Å². The number of aryl methyl sites for hydroxylation is 1. The highest BCUT2D eigenvalue weighted by atomic mass is 28.3. The molecule has 0 aromatic carbocycles. The van der Waals surface area contributed by atoms with E-state index in [0.29, 0.717) is 0 Å². The van der Waals surface area contributed by atoms with Crippen molar-refractivity contribution in [1.29, 1.82) is 0 Å². The first-order chi connectivity index (χ1) is 5.99. The van der Waals surface area contributed by atoms with Gasteiger partial charge in [0.15, 0.2) is 0 Å². The van der Waals surface area contributed by atoms with Gasteiger partial charge >= 0.3 is 0 Å². The molecule has 2 nitrogen and oxygen atoms in total. The molecule has 13 heavy (non-hydrogen) atoms. The summed E-state index contributed by atoms with van der Waals surface area (Å²) in [6.07, 6.45) is 4.51. The second kappa shape index (κ2) is 3.80. The summed E-state index contributed by atoms with van der Waals surface area (Å²) in [5.74, 6) is 3.22. The highest BCUT2D eigenvalue weighted by molar-refractivity contribution is 6.83. The molecule has 0 aliphatic carbocycles. The van der Waals surface area contributed by atoms with Crippen LogP contribution in [0.1, 0.15) is 5.69 Å². The van der Waals surface area contributed by atoms with Crippen LogP contribution in [0.5, 0.6) is 0 Å². The van der Waals surface area contributed by atoms with Crippen molar-refractivity contribution in [2.45, 2.75) is 26.1 Å². The average molecular weight is 192 g/mol. The van der Waals surface area contributed by atoms with Gasteiger partial charge in [0.1, 0.15) is 8.07 Å². The molecule has 0 bridgehead atoms. The van der Waals surface area contributed by atoms with Gasteiger partial charge in [0.25, 0.3) is 0 Å². The molecule has 70 valence electrons. The Bertz CT molecular complexity index is 336. The first kappa shape index (κ1) is 10.1. The monoisotopic (exact) mass is 192 g/mol. The van der Waals surface area contributed by atoms with Gasteiger partial charge in [0.2, 0.25) is 0 Å². The number of hydrogen-bond donors (Lipinski definition) is 0. The number of rotatable bonds is 1. The molecule has 0 fully saturated rings. The fourth-order valence-electron chi connectivity index (χ4n) is 0.955. The molecule has 3 heteroatoms. The van der Waals surface area contributed by atoms with E-state index >= 15 is 0 Å². The molecule has 0 saturated heterocycles. The van der Waals surface area contributed by atoms with Crippen LogP contribution in [0.2, 0.25) is 19.6 Å². The van der Waals surface area contributed by atoms with E-state index in [2.05, 4.69) is 36.1 Å². The topological polar surface area (TPSA) is 17.8 Å². The van der Waals surface area contributed by atoms with Crippen LogP contribution in [0, 0.1) is 11.5 Å². The SMILES string of the molecule is Cn1cncc1CC#C[Si](C)(C)C. The van der Waals surface area contributed by atoms with Gasteiger partial charge < -0.3 is 4.57 Å². The maximum atomic E-state index is 4.04. The minimum atomic E-state index is -1.20. The van der Waals surface area contributed by atoms with Crippen molar-refractivity contribution in [3.05, 3.63) is 18.2 Å². The summed E-state index contributed by atoms with van der Waals surface area (Å²) in [4.78, 5) is 4.04. The number of aromatic nitrogens is 2. The predicted octanol–water partition coefficient (Wildman–Crippen LogP) is 1.84. The molecule has 0 saturated carbocycles. The van der Waals surface area contributed by atoms with Crippen molar-refractivity contribution < 1.29 is 0 Å². The van der Waals surface area contributed by atoms with Gasteiger partial charge in [0.05, 0.1) is 12.7 Å². The summed E-state index contributed by atoms with van der Waals surface area (Å²) < 4.78 is 2.01. The molecular weight excluding hydrogens is 176 g/mol. The first-order valence-electron chi connectivity index (χ1n) is 4.44. The summed E-state index contributed by atoms with van der Waals surface area (Å²) >= 11 is 0. The van der Waals surface area contributed by atoms with E-state index in [4.69, 9.17) is 0 Å². The zero-order valence-corrected chi connectivity index (χ0v) is 9.76. The van der Waals surface area contributed by atoms with Crippen LogP contribution < -0.4 is 0 Å². The van der Waals surface area contributed by atoms with Gasteiger partial charge in [0, 0.05) is 18.9 Å². The Hall–Kier alpha value is -1.01. The van der Waals surface area contributed by atoms with E-state index in [0.717, 1.165) is 6.42 Å². The maximum Gasteiger partial charge on any atom is 0.129 e. The standard InChI is InChI=1S/C10H16N2Si/c1-12-9-11-8-10(12)6-5-7-13(2,3)4/h8-9H,6H2,1-4H3. The van der Waals surface area contributed by atoms with E-state index < -0.39 is 8.07 Å². The molecule has 0 N–H and O–H groups in total. The number of nitrogens with zero attached hydrogens (tertiary/aromatic N) is 2. The van der Waals surface area contributed by atoms with Crippen molar-refractivity contribution in [3.63, 3.8) is 0 Å². The number of hydrogen-bond acceptors (Lipinski definition) is 1. The molecule has 0 radical (unpaired) electrons. The molecule has 1 aromatic rings. The van der Waals surface area contributed by atoms with Gasteiger partial charge in [-0.1, -0.05) is 19.6 Å².